The Bertz CT molecular complexity index is 370. The monoisotopic (exact) mass is 232 g/mol. The molecule has 0 spiro atoms. The van der Waals surface area contributed by atoms with Gasteiger partial charge in [0.05, 0.1) is 0 Å². The fourth-order valence-electron chi connectivity index (χ4n) is 1.66. The maximum Gasteiger partial charge on any atom is 0.220 e. The Kier molecular flexibility index (Phi) is 5.43. The fraction of sp³-hybridized carbons (Fsp3) is 0.357. The van der Waals surface area contributed by atoms with Gasteiger partial charge in [0.1, 0.15) is 0 Å². The number of rotatable bonds is 6. The number of hydrogen-bond acceptors (Lipinski definition) is 2. The molecule has 1 atom stereocenters. The number of carbonyl (C=O) groups excluding carboxylic acids is 1. The summed E-state index contributed by atoms with van der Waals surface area (Å²) in [5.41, 5.74) is 8.05. The zero-order valence-corrected chi connectivity index (χ0v) is 10.3. The van der Waals surface area contributed by atoms with Crippen molar-refractivity contribution in [3.8, 4) is 0 Å². The molecule has 0 saturated carbocycles. The van der Waals surface area contributed by atoms with Gasteiger partial charge in [-0.15, -0.1) is 6.58 Å². The molecule has 0 bridgehead atoms. The molecule has 1 rings (SSSR count). The largest absolute Gasteiger partial charge is 0.353 e. The summed E-state index contributed by atoms with van der Waals surface area (Å²) in [5.74, 6) is 0.0985. The first-order valence-corrected chi connectivity index (χ1v) is 5.81. The summed E-state index contributed by atoms with van der Waals surface area (Å²) < 4.78 is 0. The topological polar surface area (TPSA) is 55.1 Å². The SMILES string of the molecule is C=CCNC(=O)CC(CN)c1ccc(C)cc1. The lowest BCUT2D eigenvalue weighted by Crippen LogP contribution is -2.27. The van der Waals surface area contributed by atoms with E-state index in [1.165, 1.54) is 5.56 Å². The van der Waals surface area contributed by atoms with Crippen LogP contribution < -0.4 is 11.1 Å². The van der Waals surface area contributed by atoms with E-state index in [1.54, 1.807) is 6.08 Å². The fourth-order valence-corrected chi connectivity index (χ4v) is 1.66. The van der Waals surface area contributed by atoms with E-state index in [2.05, 4.69) is 11.9 Å². The van der Waals surface area contributed by atoms with E-state index < -0.39 is 0 Å². The Hall–Kier alpha value is -1.61. The van der Waals surface area contributed by atoms with Gasteiger partial charge < -0.3 is 11.1 Å². The average molecular weight is 232 g/mol. The summed E-state index contributed by atoms with van der Waals surface area (Å²) in [6, 6.07) is 8.15. The van der Waals surface area contributed by atoms with Gasteiger partial charge in [0.25, 0.3) is 0 Å². The van der Waals surface area contributed by atoms with E-state index in [0.717, 1.165) is 5.56 Å². The van der Waals surface area contributed by atoms with Gasteiger partial charge in [-0.05, 0) is 19.0 Å². The van der Waals surface area contributed by atoms with Gasteiger partial charge in [0.2, 0.25) is 5.91 Å². The molecular formula is C14H20N2O. The molecule has 0 aliphatic heterocycles. The van der Waals surface area contributed by atoms with Crippen LogP contribution in [0.15, 0.2) is 36.9 Å². The van der Waals surface area contributed by atoms with Gasteiger partial charge in [-0.1, -0.05) is 35.9 Å². The van der Waals surface area contributed by atoms with E-state index in [9.17, 15) is 4.79 Å². The number of benzene rings is 1. The molecule has 0 saturated heterocycles. The average Bonchev–Trinajstić information content (AvgIpc) is 2.34. The van der Waals surface area contributed by atoms with Crippen LogP contribution in [0, 0.1) is 6.92 Å². The van der Waals surface area contributed by atoms with Crippen LogP contribution in [0.4, 0.5) is 0 Å². The number of nitrogens with two attached hydrogens (primary N) is 1. The summed E-state index contributed by atoms with van der Waals surface area (Å²) in [5, 5.41) is 2.77. The highest BCUT2D eigenvalue weighted by molar-refractivity contribution is 5.77. The zero-order chi connectivity index (χ0) is 12.7. The normalized spacial score (nSPS) is 11.9. The summed E-state index contributed by atoms with van der Waals surface area (Å²) in [6.07, 6.45) is 2.09. The van der Waals surface area contributed by atoms with Crippen molar-refractivity contribution in [2.24, 2.45) is 5.73 Å². The van der Waals surface area contributed by atoms with Crippen molar-refractivity contribution in [1.29, 1.82) is 0 Å². The summed E-state index contributed by atoms with van der Waals surface area (Å²) in [4.78, 5) is 11.6. The van der Waals surface area contributed by atoms with Gasteiger partial charge in [0, 0.05) is 18.9 Å². The number of carbonyl (C=O) groups is 1. The predicted molar refractivity (Wildman–Crippen MR) is 70.8 cm³/mol. The Balaban J connectivity index is 2.62. The molecule has 0 heterocycles. The van der Waals surface area contributed by atoms with Crippen molar-refractivity contribution < 1.29 is 4.79 Å². The molecule has 0 fully saturated rings. The van der Waals surface area contributed by atoms with Crippen molar-refractivity contribution in [1.82, 2.24) is 5.32 Å². The van der Waals surface area contributed by atoms with Crippen molar-refractivity contribution in [2.45, 2.75) is 19.3 Å². The molecule has 0 aliphatic rings. The van der Waals surface area contributed by atoms with Gasteiger partial charge in [0.15, 0.2) is 0 Å². The van der Waals surface area contributed by atoms with Crippen LogP contribution in [0.1, 0.15) is 23.5 Å². The van der Waals surface area contributed by atoms with Crippen LogP contribution in [0.2, 0.25) is 0 Å². The Morgan fingerprint density at radius 3 is 2.65 bits per heavy atom. The molecule has 3 nitrogen and oxygen atoms in total. The third-order valence-corrected chi connectivity index (χ3v) is 2.71. The number of nitrogens with one attached hydrogen (secondary N) is 1. The molecule has 0 aromatic heterocycles. The van der Waals surface area contributed by atoms with Crippen LogP contribution in [-0.2, 0) is 4.79 Å². The van der Waals surface area contributed by atoms with Crippen molar-refractivity contribution in [3.63, 3.8) is 0 Å². The highest BCUT2D eigenvalue weighted by Crippen LogP contribution is 2.18. The minimum atomic E-state index is 0.0147. The Labute approximate surface area is 103 Å². The molecule has 1 unspecified atom stereocenters. The predicted octanol–water partition coefficient (Wildman–Crippen LogP) is 1.73. The molecule has 1 aromatic rings. The lowest BCUT2D eigenvalue weighted by Gasteiger charge is -2.14. The first-order valence-electron chi connectivity index (χ1n) is 5.81. The van der Waals surface area contributed by atoms with Gasteiger partial charge in [-0.2, -0.15) is 0 Å². The van der Waals surface area contributed by atoms with Gasteiger partial charge in [-0.3, -0.25) is 4.79 Å². The van der Waals surface area contributed by atoms with E-state index in [-0.39, 0.29) is 11.8 Å². The van der Waals surface area contributed by atoms with Crippen LogP contribution in [0.5, 0.6) is 0 Å². The quantitative estimate of drug-likeness (QED) is 0.734. The summed E-state index contributed by atoms with van der Waals surface area (Å²) in [6.45, 7) is 6.58. The lowest BCUT2D eigenvalue weighted by molar-refractivity contribution is -0.121. The molecule has 17 heavy (non-hydrogen) atoms. The maximum absolute atomic E-state index is 11.6. The van der Waals surface area contributed by atoms with E-state index >= 15 is 0 Å². The molecule has 1 amide bonds. The van der Waals surface area contributed by atoms with E-state index in [0.29, 0.717) is 19.5 Å². The van der Waals surface area contributed by atoms with Crippen molar-refractivity contribution in [3.05, 3.63) is 48.0 Å². The zero-order valence-electron chi connectivity index (χ0n) is 10.3. The first-order chi connectivity index (χ1) is 8.17. The minimum Gasteiger partial charge on any atom is -0.353 e. The Morgan fingerprint density at radius 1 is 1.47 bits per heavy atom. The van der Waals surface area contributed by atoms with Crippen LogP contribution in [0.3, 0.4) is 0 Å². The van der Waals surface area contributed by atoms with E-state index in [4.69, 9.17) is 5.73 Å². The number of aryl methyl sites for hydroxylation is 1. The molecular weight excluding hydrogens is 212 g/mol. The molecule has 0 aliphatic carbocycles. The highest BCUT2D eigenvalue weighted by atomic mass is 16.1. The number of hydrogen-bond donors (Lipinski definition) is 2. The third-order valence-electron chi connectivity index (χ3n) is 2.71. The molecule has 92 valence electrons. The second-order valence-corrected chi connectivity index (χ2v) is 4.14. The maximum atomic E-state index is 11.6. The summed E-state index contributed by atoms with van der Waals surface area (Å²) in [7, 11) is 0. The second kappa shape index (κ2) is 6.86. The first kappa shape index (κ1) is 13.5. The minimum absolute atomic E-state index is 0.0147. The molecule has 0 radical (unpaired) electrons. The molecule has 3 N–H and O–H groups in total. The van der Waals surface area contributed by atoms with Crippen molar-refractivity contribution >= 4 is 5.91 Å². The molecule has 1 aromatic carbocycles. The van der Waals surface area contributed by atoms with Crippen LogP contribution >= 0.6 is 0 Å². The van der Waals surface area contributed by atoms with Crippen LogP contribution in [-0.4, -0.2) is 19.0 Å². The lowest BCUT2D eigenvalue weighted by atomic mass is 9.95. The highest BCUT2D eigenvalue weighted by Gasteiger charge is 2.13. The third kappa shape index (κ3) is 4.41. The molecule has 3 heteroatoms. The van der Waals surface area contributed by atoms with Gasteiger partial charge in [-0.25, -0.2) is 0 Å². The smallest absolute Gasteiger partial charge is 0.220 e. The Morgan fingerprint density at radius 2 is 2.12 bits per heavy atom. The van der Waals surface area contributed by atoms with Crippen molar-refractivity contribution in [2.75, 3.05) is 13.1 Å². The van der Waals surface area contributed by atoms with Gasteiger partial charge >= 0.3 is 0 Å². The second-order valence-electron chi connectivity index (χ2n) is 4.14. The van der Waals surface area contributed by atoms with Crippen LogP contribution in [0.25, 0.3) is 0 Å². The van der Waals surface area contributed by atoms with E-state index in [1.807, 2.05) is 31.2 Å². The standard InChI is InChI=1S/C14H20N2O/c1-3-8-16-14(17)9-13(10-15)12-6-4-11(2)5-7-12/h3-7,13H,1,8-10,15H2,2H3,(H,16,17). The number of amides is 1. The summed E-state index contributed by atoms with van der Waals surface area (Å²) >= 11 is 0.